The molecule has 10 heteroatoms. The van der Waals surface area contributed by atoms with Crippen molar-refractivity contribution >= 4 is 33.1 Å². The number of aliphatic carboxylic acids is 1. The molecule has 0 aliphatic carbocycles. The lowest BCUT2D eigenvalue weighted by atomic mass is 10.2. The largest absolute Gasteiger partial charge is 0.480 e. The highest BCUT2D eigenvalue weighted by Gasteiger charge is 2.40. The number of aromatic nitrogens is 1. The van der Waals surface area contributed by atoms with Gasteiger partial charge in [0.25, 0.3) is 5.91 Å². The summed E-state index contributed by atoms with van der Waals surface area (Å²) in [6, 6.07) is 4.56. The van der Waals surface area contributed by atoms with Crippen LogP contribution >= 0.6 is 11.3 Å². The lowest BCUT2D eigenvalue weighted by Gasteiger charge is -2.32. The summed E-state index contributed by atoms with van der Waals surface area (Å²) in [6.45, 7) is 1.37. The van der Waals surface area contributed by atoms with Crippen LogP contribution in [0.1, 0.15) is 15.4 Å². The van der Waals surface area contributed by atoms with Gasteiger partial charge in [-0.25, -0.2) is 22.6 Å². The van der Waals surface area contributed by atoms with Crippen LogP contribution in [-0.4, -0.2) is 59.4 Å². The second-order valence-corrected chi connectivity index (χ2v) is 9.11. The molecule has 1 fully saturated rings. The van der Waals surface area contributed by atoms with Gasteiger partial charge in [-0.2, -0.15) is 0 Å². The molecule has 1 aromatic carbocycles. The standard InChI is InChI=1S/C16H15FN2O5S2/c1-9-13(25-14(18-9)10-4-2-3-5-11(10)17)15(20)19-6-7-26(23,24)8-12(19)16(21)22/h2-5,12H,6-8H2,1H3,(H,21,22). The molecule has 2 aromatic rings. The van der Waals surface area contributed by atoms with Crippen molar-refractivity contribution in [3.63, 3.8) is 0 Å². The predicted octanol–water partition coefficient (Wildman–Crippen LogP) is 1.58. The Morgan fingerprint density at radius 2 is 2.04 bits per heavy atom. The van der Waals surface area contributed by atoms with E-state index in [1.165, 1.54) is 18.2 Å². The molecule has 1 aliphatic rings. The molecule has 1 N–H and O–H groups in total. The van der Waals surface area contributed by atoms with E-state index in [2.05, 4.69) is 4.98 Å². The summed E-state index contributed by atoms with van der Waals surface area (Å²) in [5.74, 6) is -3.37. The molecule has 1 amide bonds. The topological polar surface area (TPSA) is 105 Å². The summed E-state index contributed by atoms with van der Waals surface area (Å²) in [5.41, 5.74) is 0.589. The molecular formula is C16H15FN2O5S2. The number of benzene rings is 1. The number of thiazole rings is 1. The zero-order valence-corrected chi connectivity index (χ0v) is 15.3. The number of hydrogen-bond acceptors (Lipinski definition) is 6. The summed E-state index contributed by atoms with van der Waals surface area (Å²) in [7, 11) is -3.52. The molecule has 7 nitrogen and oxygen atoms in total. The van der Waals surface area contributed by atoms with E-state index >= 15 is 0 Å². The van der Waals surface area contributed by atoms with Crippen LogP contribution in [-0.2, 0) is 14.6 Å². The molecule has 0 bridgehead atoms. The summed E-state index contributed by atoms with van der Waals surface area (Å²) in [4.78, 5) is 29.7. The zero-order valence-electron chi connectivity index (χ0n) is 13.7. The molecule has 1 aromatic heterocycles. The molecule has 1 saturated heterocycles. The number of carboxylic acid groups (broad SMARTS) is 1. The first-order valence-corrected chi connectivity index (χ1v) is 10.3. The normalized spacial score (nSPS) is 19.3. The molecule has 138 valence electrons. The highest BCUT2D eigenvalue weighted by molar-refractivity contribution is 7.91. The minimum absolute atomic E-state index is 0.175. The van der Waals surface area contributed by atoms with Crippen LogP contribution in [0.3, 0.4) is 0 Å². The van der Waals surface area contributed by atoms with E-state index < -0.39 is 39.3 Å². The van der Waals surface area contributed by atoms with Crippen LogP contribution in [0.5, 0.6) is 0 Å². The first-order valence-electron chi connectivity index (χ1n) is 7.66. The van der Waals surface area contributed by atoms with Crippen molar-refractivity contribution in [2.24, 2.45) is 0 Å². The Morgan fingerprint density at radius 3 is 2.69 bits per heavy atom. The van der Waals surface area contributed by atoms with E-state index in [9.17, 15) is 27.5 Å². The molecule has 1 atom stereocenters. The lowest BCUT2D eigenvalue weighted by Crippen LogP contribution is -2.54. The average Bonchev–Trinajstić information content (AvgIpc) is 2.95. The quantitative estimate of drug-likeness (QED) is 0.842. The van der Waals surface area contributed by atoms with Gasteiger partial charge in [-0.15, -0.1) is 11.3 Å². The van der Waals surface area contributed by atoms with Gasteiger partial charge in [0, 0.05) is 12.1 Å². The first-order chi connectivity index (χ1) is 12.2. The van der Waals surface area contributed by atoms with Gasteiger partial charge < -0.3 is 10.0 Å². The second kappa shape index (κ2) is 6.76. The Labute approximate surface area is 153 Å². The maximum absolute atomic E-state index is 14.0. The minimum atomic E-state index is -3.52. The molecule has 26 heavy (non-hydrogen) atoms. The molecule has 2 heterocycles. The van der Waals surface area contributed by atoms with Gasteiger partial charge >= 0.3 is 5.97 Å². The number of sulfone groups is 1. The third-order valence-corrected chi connectivity index (χ3v) is 6.88. The van der Waals surface area contributed by atoms with Gasteiger partial charge in [-0.05, 0) is 19.1 Å². The van der Waals surface area contributed by atoms with Gasteiger partial charge in [-0.1, -0.05) is 12.1 Å². The Kier molecular flexibility index (Phi) is 4.80. The number of carboxylic acids is 1. The molecule has 0 radical (unpaired) electrons. The van der Waals surface area contributed by atoms with Gasteiger partial charge in [0.05, 0.1) is 17.2 Å². The van der Waals surface area contributed by atoms with Crippen LogP contribution in [0.4, 0.5) is 4.39 Å². The summed E-state index contributed by atoms with van der Waals surface area (Å²) >= 11 is 0.957. The van der Waals surface area contributed by atoms with Crippen LogP contribution in [0, 0.1) is 12.7 Å². The summed E-state index contributed by atoms with van der Waals surface area (Å²) in [6.07, 6.45) is 0. The average molecular weight is 398 g/mol. The second-order valence-electron chi connectivity index (χ2n) is 5.88. The number of nitrogens with zero attached hydrogens (tertiary/aromatic N) is 2. The molecule has 3 rings (SSSR count). The van der Waals surface area contributed by atoms with Crippen molar-refractivity contribution in [3.05, 3.63) is 40.7 Å². The van der Waals surface area contributed by atoms with Crippen LogP contribution in [0.2, 0.25) is 0 Å². The van der Waals surface area contributed by atoms with Gasteiger partial charge in [-0.3, -0.25) is 4.79 Å². The van der Waals surface area contributed by atoms with Crippen molar-refractivity contribution in [3.8, 4) is 10.6 Å². The van der Waals surface area contributed by atoms with E-state index in [4.69, 9.17) is 0 Å². The highest BCUT2D eigenvalue weighted by atomic mass is 32.2. The van der Waals surface area contributed by atoms with E-state index in [0.29, 0.717) is 10.7 Å². The SMILES string of the molecule is Cc1nc(-c2ccccc2F)sc1C(=O)N1CCS(=O)(=O)CC1C(=O)O. The van der Waals surface area contributed by atoms with E-state index in [0.717, 1.165) is 16.2 Å². The van der Waals surface area contributed by atoms with Crippen LogP contribution in [0.15, 0.2) is 24.3 Å². The van der Waals surface area contributed by atoms with Gasteiger partial charge in [0.15, 0.2) is 9.84 Å². The fourth-order valence-corrected chi connectivity index (χ4v) is 5.22. The Morgan fingerprint density at radius 1 is 1.35 bits per heavy atom. The Bertz CT molecular complexity index is 986. The van der Waals surface area contributed by atoms with Crippen molar-refractivity contribution in [2.45, 2.75) is 13.0 Å². The minimum Gasteiger partial charge on any atom is -0.480 e. The summed E-state index contributed by atoms with van der Waals surface area (Å²) in [5, 5.41) is 9.61. The molecule has 0 saturated carbocycles. The van der Waals surface area contributed by atoms with Crippen LogP contribution < -0.4 is 0 Å². The van der Waals surface area contributed by atoms with Crippen molar-refractivity contribution < 1.29 is 27.5 Å². The maximum Gasteiger partial charge on any atom is 0.327 e. The smallest absolute Gasteiger partial charge is 0.327 e. The number of carbonyl (C=O) groups is 2. The zero-order chi connectivity index (χ0) is 19.1. The Balaban J connectivity index is 1.95. The fraction of sp³-hybridized carbons (Fsp3) is 0.312. The summed E-state index contributed by atoms with van der Waals surface area (Å²) < 4.78 is 37.4. The van der Waals surface area contributed by atoms with E-state index in [1.54, 1.807) is 13.0 Å². The maximum atomic E-state index is 14.0. The molecule has 0 spiro atoms. The number of hydrogen-bond donors (Lipinski definition) is 1. The fourth-order valence-electron chi connectivity index (χ4n) is 2.73. The van der Waals surface area contributed by atoms with Crippen molar-refractivity contribution in [2.75, 3.05) is 18.1 Å². The Hall–Kier alpha value is -2.33. The highest BCUT2D eigenvalue weighted by Crippen LogP contribution is 2.31. The van der Waals surface area contributed by atoms with Gasteiger partial charge in [0.2, 0.25) is 0 Å². The number of halogens is 1. The number of carbonyl (C=O) groups excluding carboxylic acids is 1. The number of amides is 1. The van der Waals surface area contributed by atoms with E-state index in [1.807, 2.05) is 0 Å². The van der Waals surface area contributed by atoms with Crippen LogP contribution in [0.25, 0.3) is 10.6 Å². The lowest BCUT2D eigenvalue weighted by molar-refractivity contribution is -0.141. The van der Waals surface area contributed by atoms with Crippen molar-refractivity contribution in [1.82, 2.24) is 9.88 Å². The number of rotatable bonds is 3. The predicted molar refractivity (Wildman–Crippen MR) is 93.4 cm³/mol. The van der Waals surface area contributed by atoms with E-state index in [-0.39, 0.29) is 22.7 Å². The third-order valence-electron chi connectivity index (χ3n) is 4.07. The van der Waals surface area contributed by atoms with Crippen molar-refractivity contribution in [1.29, 1.82) is 0 Å². The number of aryl methyl sites for hydroxylation is 1. The first kappa shape index (κ1) is 18.5. The molecule has 1 aliphatic heterocycles. The third kappa shape index (κ3) is 3.47. The van der Waals surface area contributed by atoms with Gasteiger partial charge in [0.1, 0.15) is 21.7 Å². The monoisotopic (exact) mass is 398 g/mol. The molecular weight excluding hydrogens is 383 g/mol. The molecule has 1 unspecified atom stereocenters.